The van der Waals surface area contributed by atoms with Crippen molar-refractivity contribution in [1.29, 1.82) is 0 Å². The monoisotopic (exact) mass is 345 g/mol. The van der Waals surface area contributed by atoms with E-state index in [1.165, 1.54) is 22.1 Å². The van der Waals surface area contributed by atoms with E-state index in [-0.39, 0.29) is 5.92 Å². The number of likely N-dealkylation sites (tertiary alicyclic amines) is 1. The standard InChI is InChI=1S/C23H23NO2/c25-23(19-4-2-11-24(14-19)13-16-10-12-26-15-16)21-9-8-18-7-6-17-3-1-5-20(21)22(17)18/h1,3,5,8-10,12,15,19H,2,4,6-7,11,13-14H2/t19-/m0/s1. The summed E-state index contributed by atoms with van der Waals surface area (Å²) in [6, 6.07) is 12.7. The molecule has 3 heteroatoms. The second-order valence-corrected chi connectivity index (χ2v) is 7.68. The first kappa shape index (κ1) is 15.8. The van der Waals surface area contributed by atoms with Crippen LogP contribution in [0.5, 0.6) is 0 Å². The van der Waals surface area contributed by atoms with Gasteiger partial charge < -0.3 is 4.42 Å². The first-order chi connectivity index (χ1) is 12.8. The Balaban J connectivity index is 1.42. The predicted molar refractivity (Wildman–Crippen MR) is 102 cm³/mol. The molecule has 2 aliphatic rings. The maximum Gasteiger partial charge on any atom is 0.167 e. The molecule has 132 valence electrons. The van der Waals surface area contributed by atoms with E-state index in [2.05, 4.69) is 35.2 Å². The Labute approximate surface area is 153 Å². The minimum absolute atomic E-state index is 0.0918. The lowest BCUT2D eigenvalue weighted by Crippen LogP contribution is -2.38. The van der Waals surface area contributed by atoms with E-state index in [1.54, 1.807) is 12.5 Å². The van der Waals surface area contributed by atoms with Crippen molar-refractivity contribution in [2.75, 3.05) is 13.1 Å². The molecule has 0 saturated carbocycles. The van der Waals surface area contributed by atoms with Crippen molar-refractivity contribution in [2.24, 2.45) is 5.92 Å². The SMILES string of the molecule is O=C(c1ccc2c3c(cccc13)CC2)[C@H]1CCCN(Cc2ccoc2)C1. The third kappa shape index (κ3) is 2.67. The van der Waals surface area contributed by atoms with Gasteiger partial charge in [-0.15, -0.1) is 0 Å². The molecule has 0 bridgehead atoms. The van der Waals surface area contributed by atoms with Crippen molar-refractivity contribution in [1.82, 2.24) is 4.90 Å². The Morgan fingerprint density at radius 2 is 2.00 bits per heavy atom. The van der Waals surface area contributed by atoms with E-state index < -0.39 is 0 Å². The predicted octanol–water partition coefficient (Wildman–Crippen LogP) is 4.63. The summed E-state index contributed by atoms with van der Waals surface area (Å²) in [5.74, 6) is 0.409. The Kier molecular flexibility index (Phi) is 3.90. The molecule has 1 aliphatic heterocycles. The van der Waals surface area contributed by atoms with Gasteiger partial charge in [0.15, 0.2) is 5.78 Å². The average Bonchev–Trinajstić information content (AvgIpc) is 3.33. The van der Waals surface area contributed by atoms with Crippen LogP contribution in [0.15, 0.2) is 53.3 Å². The number of hydrogen-bond donors (Lipinski definition) is 0. The summed E-state index contributed by atoms with van der Waals surface area (Å²) in [6.45, 7) is 2.76. The third-order valence-corrected chi connectivity index (χ3v) is 6.00. The quantitative estimate of drug-likeness (QED) is 0.647. The molecule has 26 heavy (non-hydrogen) atoms. The number of benzene rings is 2. The van der Waals surface area contributed by atoms with E-state index in [4.69, 9.17) is 4.42 Å². The summed E-state index contributed by atoms with van der Waals surface area (Å²) in [5, 5.41) is 2.50. The van der Waals surface area contributed by atoms with Gasteiger partial charge >= 0.3 is 0 Å². The molecule has 1 aliphatic carbocycles. The molecular formula is C23H23NO2. The van der Waals surface area contributed by atoms with Crippen LogP contribution in [0.1, 0.15) is 39.9 Å². The van der Waals surface area contributed by atoms with Crippen LogP contribution in [0, 0.1) is 5.92 Å². The molecule has 0 amide bonds. The molecule has 0 N–H and O–H groups in total. The highest BCUT2D eigenvalue weighted by Crippen LogP contribution is 2.34. The van der Waals surface area contributed by atoms with Crippen molar-refractivity contribution >= 4 is 16.6 Å². The van der Waals surface area contributed by atoms with Crippen LogP contribution in [0.4, 0.5) is 0 Å². The van der Waals surface area contributed by atoms with Crippen LogP contribution >= 0.6 is 0 Å². The first-order valence-corrected chi connectivity index (χ1v) is 9.61. The number of carbonyl (C=O) groups excluding carboxylic acids is 1. The Hall–Kier alpha value is -2.39. The molecule has 5 rings (SSSR count). The molecule has 3 nitrogen and oxygen atoms in total. The zero-order valence-corrected chi connectivity index (χ0v) is 14.9. The fourth-order valence-electron chi connectivity index (χ4n) is 4.74. The van der Waals surface area contributed by atoms with Crippen LogP contribution in [0.2, 0.25) is 0 Å². The van der Waals surface area contributed by atoms with E-state index in [0.717, 1.165) is 56.3 Å². The normalized spacial score (nSPS) is 19.9. The highest BCUT2D eigenvalue weighted by atomic mass is 16.3. The average molecular weight is 345 g/mol. The number of ketones is 1. The lowest BCUT2D eigenvalue weighted by atomic mass is 9.87. The number of aryl methyl sites for hydroxylation is 2. The van der Waals surface area contributed by atoms with Crippen molar-refractivity contribution in [3.05, 3.63) is 71.2 Å². The van der Waals surface area contributed by atoms with E-state index in [0.29, 0.717) is 5.78 Å². The Bertz CT molecular complexity index is 948. The Morgan fingerprint density at radius 3 is 2.85 bits per heavy atom. The minimum Gasteiger partial charge on any atom is -0.472 e. The van der Waals surface area contributed by atoms with Crippen LogP contribution < -0.4 is 0 Å². The molecule has 0 spiro atoms. The Morgan fingerprint density at radius 1 is 1.12 bits per heavy atom. The number of furan rings is 1. The molecule has 1 fully saturated rings. The molecule has 3 aromatic rings. The van der Waals surface area contributed by atoms with Crippen molar-refractivity contribution in [2.45, 2.75) is 32.2 Å². The summed E-state index contributed by atoms with van der Waals surface area (Å²) < 4.78 is 5.18. The van der Waals surface area contributed by atoms with Gasteiger partial charge in [-0.2, -0.15) is 0 Å². The van der Waals surface area contributed by atoms with E-state index in [1.807, 2.05) is 6.07 Å². The summed E-state index contributed by atoms with van der Waals surface area (Å²) >= 11 is 0. The number of hydrogen-bond acceptors (Lipinski definition) is 3. The van der Waals surface area contributed by atoms with E-state index in [9.17, 15) is 4.79 Å². The van der Waals surface area contributed by atoms with Crippen molar-refractivity contribution in [3.63, 3.8) is 0 Å². The molecule has 2 aromatic carbocycles. The van der Waals surface area contributed by atoms with Gasteiger partial charge in [-0.3, -0.25) is 9.69 Å². The summed E-state index contributed by atoms with van der Waals surface area (Å²) in [4.78, 5) is 15.7. The lowest BCUT2D eigenvalue weighted by Gasteiger charge is -2.31. The molecule has 0 unspecified atom stereocenters. The van der Waals surface area contributed by atoms with Crippen LogP contribution in [-0.2, 0) is 19.4 Å². The topological polar surface area (TPSA) is 33.5 Å². The molecule has 1 atom stereocenters. The van der Waals surface area contributed by atoms with Gasteiger partial charge in [-0.25, -0.2) is 0 Å². The number of rotatable bonds is 4. The van der Waals surface area contributed by atoms with Crippen molar-refractivity contribution in [3.8, 4) is 0 Å². The van der Waals surface area contributed by atoms with Gasteiger partial charge in [-0.1, -0.05) is 30.3 Å². The number of Topliss-reactive ketones (excluding diaryl/α,β-unsaturated/α-hetero) is 1. The van der Waals surface area contributed by atoms with Crippen LogP contribution in [-0.4, -0.2) is 23.8 Å². The molecular weight excluding hydrogens is 322 g/mol. The summed E-state index contributed by atoms with van der Waals surface area (Å²) in [7, 11) is 0. The molecule has 0 radical (unpaired) electrons. The van der Waals surface area contributed by atoms with Gasteiger partial charge in [0, 0.05) is 30.1 Å². The zero-order chi connectivity index (χ0) is 17.5. The third-order valence-electron chi connectivity index (χ3n) is 6.00. The smallest absolute Gasteiger partial charge is 0.167 e. The zero-order valence-electron chi connectivity index (χ0n) is 14.9. The molecule has 2 heterocycles. The maximum absolute atomic E-state index is 13.4. The first-order valence-electron chi connectivity index (χ1n) is 9.61. The van der Waals surface area contributed by atoms with Gasteiger partial charge in [-0.05, 0) is 60.2 Å². The van der Waals surface area contributed by atoms with Crippen LogP contribution in [0.3, 0.4) is 0 Å². The van der Waals surface area contributed by atoms with Gasteiger partial charge in [0.1, 0.15) is 0 Å². The van der Waals surface area contributed by atoms with E-state index >= 15 is 0 Å². The van der Waals surface area contributed by atoms with Gasteiger partial charge in [0.05, 0.1) is 12.5 Å². The van der Waals surface area contributed by atoms with Gasteiger partial charge in [0.2, 0.25) is 0 Å². The second-order valence-electron chi connectivity index (χ2n) is 7.68. The number of nitrogens with zero attached hydrogens (tertiary/aromatic N) is 1. The maximum atomic E-state index is 13.4. The number of carbonyl (C=O) groups is 1. The largest absolute Gasteiger partial charge is 0.472 e. The van der Waals surface area contributed by atoms with Crippen molar-refractivity contribution < 1.29 is 9.21 Å². The lowest BCUT2D eigenvalue weighted by molar-refractivity contribution is 0.0813. The van der Waals surface area contributed by atoms with Crippen LogP contribution in [0.25, 0.3) is 10.8 Å². The summed E-state index contributed by atoms with van der Waals surface area (Å²) in [5.41, 5.74) is 4.90. The number of piperidine rings is 1. The fraction of sp³-hybridized carbons (Fsp3) is 0.348. The minimum atomic E-state index is 0.0918. The summed E-state index contributed by atoms with van der Waals surface area (Å²) in [6.07, 6.45) is 7.79. The van der Waals surface area contributed by atoms with Gasteiger partial charge in [0.25, 0.3) is 0 Å². The highest BCUT2D eigenvalue weighted by Gasteiger charge is 2.28. The molecule has 1 saturated heterocycles. The second kappa shape index (κ2) is 6.40. The fourth-order valence-corrected chi connectivity index (χ4v) is 4.74. The molecule has 1 aromatic heterocycles. The highest BCUT2D eigenvalue weighted by molar-refractivity contribution is 6.11.